The molecule has 1 spiro atoms. The highest BCUT2D eigenvalue weighted by atomic mass is 16.2. The number of aromatic nitrogens is 1. The van der Waals surface area contributed by atoms with E-state index in [1.807, 2.05) is 48.5 Å². The van der Waals surface area contributed by atoms with E-state index in [4.69, 9.17) is 0 Å². The SMILES string of the molecule is N#C[C@@H]1C[C@@]2(CN1C(=O)NCCc1cc3ccccc3[nH]1)C(=O)Nc1ccccc12. The average molecular weight is 399 g/mol. The van der Waals surface area contributed by atoms with Crippen LogP contribution in [-0.2, 0) is 16.6 Å². The number of benzene rings is 2. The molecule has 3 aromatic rings. The fraction of sp³-hybridized carbons (Fsp3) is 0.261. The molecule has 0 aliphatic carbocycles. The van der Waals surface area contributed by atoms with Crippen LogP contribution in [0.15, 0.2) is 54.6 Å². The summed E-state index contributed by atoms with van der Waals surface area (Å²) in [6, 6.07) is 18.8. The van der Waals surface area contributed by atoms with Gasteiger partial charge < -0.3 is 20.5 Å². The number of nitrogens with zero attached hydrogens (tertiary/aromatic N) is 2. The summed E-state index contributed by atoms with van der Waals surface area (Å²) in [4.78, 5) is 30.5. The summed E-state index contributed by atoms with van der Waals surface area (Å²) in [5.74, 6) is -0.141. The molecule has 1 fully saturated rings. The topological polar surface area (TPSA) is 101 Å². The number of amides is 3. The number of fused-ring (bicyclic) bond motifs is 3. The van der Waals surface area contributed by atoms with Crippen LogP contribution in [-0.4, -0.2) is 41.0 Å². The van der Waals surface area contributed by atoms with E-state index >= 15 is 0 Å². The van der Waals surface area contributed by atoms with Gasteiger partial charge in [-0.15, -0.1) is 0 Å². The third-order valence-electron chi connectivity index (χ3n) is 6.15. The number of nitriles is 1. The molecule has 0 unspecified atom stereocenters. The van der Waals surface area contributed by atoms with E-state index in [0.29, 0.717) is 19.4 Å². The minimum Gasteiger partial charge on any atom is -0.358 e. The van der Waals surface area contributed by atoms with Gasteiger partial charge in [0, 0.05) is 42.8 Å². The minimum atomic E-state index is -0.856. The minimum absolute atomic E-state index is 0.141. The summed E-state index contributed by atoms with van der Waals surface area (Å²) >= 11 is 0. The standard InChI is InChI=1S/C23H21N5O2/c24-13-17-12-23(18-6-2-4-8-20(18)27-21(23)29)14-28(17)22(30)25-10-9-16-11-15-5-1-3-7-19(15)26-16/h1-8,11,17,26H,9-10,12,14H2,(H,25,30)(H,27,29)/t17-,23-/m0/s1. The molecule has 30 heavy (non-hydrogen) atoms. The Balaban J connectivity index is 1.28. The Hall–Kier alpha value is -3.79. The smallest absolute Gasteiger partial charge is 0.318 e. The van der Waals surface area contributed by atoms with Gasteiger partial charge in [-0.2, -0.15) is 5.26 Å². The first-order valence-corrected chi connectivity index (χ1v) is 10.0. The van der Waals surface area contributed by atoms with Gasteiger partial charge in [0.05, 0.1) is 11.5 Å². The Morgan fingerprint density at radius 3 is 2.87 bits per heavy atom. The van der Waals surface area contributed by atoms with E-state index in [-0.39, 0.29) is 18.5 Å². The lowest BCUT2D eigenvalue weighted by Crippen LogP contribution is -2.45. The second-order valence-electron chi connectivity index (χ2n) is 7.92. The van der Waals surface area contributed by atoms with E-state index in [1.54, 1.807) is 0 Å². The van der Waals surface area contributed by atoms with Crippen molar-refractivity contribution in [1.82, 2.24) is 15.2 Å². The van der Waals surface area contributed by atoms with Gasteiger partial charge in [0.15, 0.2) is 0 Å². The molecule has 2 atom stereocenters. The van der Waals surface area contributed by atoms with Gasteiger partial charge in [-0.1, -0.05) is 36.4 Å². The Morgan fingerprint density at radius 2 is 2.03 bits per heavy atom. The maximum Gasteiger partial charge on any atom is 0.318 e. The summed E-state index contributed by atoms with van der Waals surface area (Å²) in [6.45, 7) is 0.641. The number of rotatable bonds is 3. The molecule has 0 saturated carbocycles. The van der Waals surface area contributed by atoms with E-state index in [9.17, 15) is 14.9 Å². The summed E-state index contributed by atoms with van der Waals surface area (Å²) in [6.07, 6.45) is 0.960. The predicted molar refractivity (Wildman–Crippen MR) is 113 cm³/mol. The van der Waals surface area contributed by atoms with Crippen molar-refractivity contribution in [3.05, 3.63) is 65.9 Å². The average Bonchev–Trinajstić information content (AvgIpc) is 3.43. The fourth-order valence-electron chi connectivity index (χ4n) is 4.64. The van der Waals surface area contributed by atoms with Crippen LogP contribution in [0.3, 0.4) is 0 Å². The zero-order chi connectivity index (χ0) is 20.7. The largest absolute Gasteiger partial charge is 0.358 e. The van der Waals surface area contributed by atoms with Crippen molar-refractivity contribution in [2.45, 2.75) is 24.3 Å². The molecule has 3 heterocycles. The van der Waals surface area contributed by atoms with Crippen molar-refractivity contribution < 1.29 is 9.59 Å². The highest BCUT2D eigenvalue weighted by Crippen LogP contribution is 2.46. The monoisotopic (exact) mass is 399 g/mol. The molecule has 1 saturated heterocycles. The van der Waals surface area contributed by atoms with Crippen LogP contribution in [0.2, 0.25) is 0 Å². The Bertz CT molecular complexity index is 1160. The molecule has 150 valence electrons. The van der Waals surface area contributed by atoms with Gasteiger partial charge in [0.2, 0.25) is 5.91 Å². The summed E-state index contributed by atoms with van der Waals surface area (Å²) in [5.41, 5.74) is 2.88. The first kappa shape index (κ1) is 18.3. The number of urea groups is 1. The number of likely N-dealkylation sites (tertiary alicyclic amines) is 1. The number of anilines is 1. The van der Waals surface area contributed by atoms with Crippen molar-refractivity contribution in [2.75, 3.05) is 18.4 Å². The molecule has 2 aromatic carbocycles. The van der Waals surface area contributed by atoms with Crippen molar-refractivity contribution in [2.24, 2.45) is 0 Å². The first-order chi connectivity index (χ1) is 14.6. The molecule has 1 aromatic heterocycles. The third kappa shape index (κ3) is 2.80. The third-order valence-corrected chi connectivity index (χ3v) is 6.15. The highest BCUT2D eigenvalue weighted by molar-refractivity contribution is 6.07. The van der Waals surface area contributed by atoms with Gasteiger partial charge in [-0.3, -0.25) is 4.79 Å². The number of hydrogen-bond donors (Lipinski definition) is 3. The molecule has 3 amide bonds. The summed E-state index contributed by atoms with van der Waals surface area (Å²) < 4.78 is 0. The van der Waals surface area contributed by atoms with E-state index in [1.165, 1.54) is 4.90 Å². The molecule has 2 aliphatic heterocycles. The van der Waals surface area contributed by atoms with Gasteiger partial charge in [0.1, 0.15) is 6.04 Å². The van der Waals surface area contributed by atoms with Crippen molar-refractivity contribution in [3.8, 4) is 6.07 Å². The van der Waals surface area contributed by atoms with E-state index in [0.717, 1.165) is 27.8 Å². The van der Waals surface area contributed by atoms with Crippen molar-refractivity contribution >= 4 is 28.5 Å². The second kappa shape index (κ2) is 6.92. The zero-order valence-corrected chi connectivity index (χ0v) is 16.3. The quantitative estimate of drug-likeness (QED) is 0.631. The highest BCUT2D eigenvalue weighted by Gasteiger charge is 2.55. The molecule has 0 radical (unpaired) electrons. The lowest BCUT2D eigenvalue weighted by atomic mass is 9.80. The maximum absolute atomic E-state index is 12.9. The number of para-hydroxylation sites is 2. The van der Waals surface area contributed by atoms with Crippen LogP contribution in [0.1, 0.15) is 17.7 Å². The second-order valence-corrected chi connectivity index (χ2v) is 7.92. The molecular weight excluding hydrogens is 378 g/mol. The number of aromatic amines is 1. The van der Waals surface area contributed by atoms with Gasteiger partial charge in [-0.05, 0) is 29.1 Å². The van der Waals surface area contributed by atoms with E-state index in [2.05, 4.69) is 27.8 Å². The maximum atomic E-state index is 12.9. The molecule has 7 heteroatoms. The predicted octanol–water partition coefficient (Wildman–Crippen LogP) is 2.91. The molecule has 5 rings (SSSR count). The number of hydrogen-bond acceptors (Lipinski definition) is 3. The normalized spacial score (nSPS) is 22.2. The lowest BCUT2D eigenvalue weighted by Gasteiger charge is -2.23. The molecule has 7 nitrogen and oxygen atoms in total. The number of H-pyrrole nitrogens is 1. The molecule has 0 bridgehead atoms. The Labute approximate surface area is 173 Å². The van der Waals surface area contributed by atoms with Gasteiger partial charge in [-0.25, -0.2) is 4.79 Å². The van der Waals surface area contributed by atoms with Crippen molar-refractivity contribution in [3.63, 3.8) is 0 Å². The van der Waals surface area contributed by atoms with Crippen molar-refractivity contribution in [1.29, 1.82) is 5.26 Å². The number of nitrogens with one attached hydrogen (secondary N) is 3. The van der Waals surface area contributed by atoms with Crippen LogP contribution in [0, 0.1) is 11.3 Å². The molecular formula is C23H21N5O2. The molecule has 2 aliphatic rings. The van der Waals surface area contributed by atoms with Gasteiger partial charge in [0.25, 0.3) is 0 Å². The fourth-order valence-corrected chi connectivity index (χ4v) is 4.64. The molecule has 3 N–H and O–H groups in total. The van der Waals surface area contributed by atoms with Crippen LogP contribution < -0.4 is 10.6 Å². The van der Waals surface area contributed by atoms with Crippen LogP contribution in [0.25, 0.3) is 10.9 Å². The van der Waals surface area contributed by atoms with Crippen LogP contribution in [0.5, 0.6) is 0 Å². The first-order valence-electron chi connectivity index (χ1n) is 10.0. The van der Waals surface area contributed by atoms with Crippen LogP contribution >= 0.6 is 0 Å². The summed E-state index contributed by atoms with van der Waals surface area (Å²) in [5, 5.41) is 16.6. The van der Waals surface area contributed by atoms with Gasteiger partial charge >= 0.3 is 6.03 Å². The lowest BCUT2D eigenvalue weighted by molar-refractivity contribution is -0.120. The Kier molecular flexibility index (Phi) is 4.21. The number of carbonyl (C=O) groups excluding carboxylic acids is 2. The Morgan fingerprint density at radius 1 is 1.23 bits per heavy atom. The zero-order valence-electron chi connectivity index (χ0n) is 16.3. The van der Waals surface area contributed by atoms with E-state index < -0.39 is 11.5 Å². The number of carbonyl (C=O) groups is 2. The van der Waals surface area contributed by atoms with Crippen LogP contribution in [0.4, 0.5) is 10.5 Å². The summed E-state index contributed by atoms with van der Waals surface area (Å²) in [7, 11) is 0.